The molecule has 3 heterocycles. The lowest BCUT2D eigenvalue weighted by atomic mass is 10.1. The Labute approximate surface area is 176 Å². The summed E-state index contributed by atoms with van der Waals surface area (Å²) in [6.45, 7) is 2.16. The molecule has 0 bridgehead atoms. The number of piperidine rings is 1. The first-order valence-electron chi connectivity index (χ1n) is 9.69. The van der Waals surface area contributed by atoms with Crippen LogP contribution in [0.3, 0.4) is 0 Å². The van der Waals surface area contributed by atoms with Crippen LogP contribution >= 0.6 is 27.7 Å². The molecule has 0 N–H and O–H groups in total. The van der Waals surface area contributed by atoms with E-state index < -0.39 is 0 Å². The van der Waals surface area contributed by atoms with Crippen LogP contribution in [0.5, 0.6) is 0 Å². The molecule has 2 aliphatic rings. The Morgan fingerprint density at radius 3 is 2.79 bits per heavy atom. The number of hydrogen-bond acceptors (Lipinski definition) is 7. The summed E-state index contributed by atoms with van der Waals surface area (Å²) in [5.74, 6) is 2.83. The normalized spacial score (nSPS) is 17.2. The summed E-state index contributed by atoms with van der Waals surface area (Å²) in [5, 5.41) is 14.1. The first-order chi connectivity index (χ1) is 13.8. The van der Waals surface area contributed by atoms with Crippen LogP contribution in [0.25, 0.3) is 11.4 Å². The molecule has 1 saturated carbocycles. The minimum absolute atomic E-state index is 0.536. The maximum atomic E-state index is 5.45. The summed E-state index contributed by atoms with van der Waals surface area (Å²) >= 11 is 5.10. The van der Waals surface area contributed by atoms with Crippen molar-refractivity contribution in [1.82, 2.24) is 24.9 Å². The smallest absolute Gasteiger partial charge is 0.237 e. The summed E-state index contributed by atoms with van der Waals surface area (Å²) in [5.41, 5.74) is 0.933. The Kier molecular flexibility index (Phi) is 5.11. The van der Waals surface area contributed by atoms with Gasteiger partial charge in [0.25, 0.3) is 0 Å². The largest absolute Gasteiger partial charge is 0.341 e. The molecule has 146 valence electrons. The molecular weight excluding hydrogens is 440 g/mol. The highest BCUT2D eigenvalue weighted by Crippen LogP contribution is 2.41. The number of aromatic nitrogens is 5. The second-order valence-corrected chi connectivity index (χ2v) is 9.10. The average molecular weight is 461 g/mol. The number of halogens is 1. The number of benzene rings is 1. The summed E-state index contributed by atoms with van der Waals surface area (Å²) in [7, 11) is 0. The molecule has 2 fully saturated rings. The summed E-state index contributed by atoms with van der Waals surface area (Å²) in [6.07, 6.45) is 6.20. The number of rotatable bonds is 6. The maximum absolute atomic E-state index is 5.45. The van der Waals surface area contributed by atoms with Crippen molar-refractivity contribution < 1.29 is 4.52 Å². The molecular formula is C19H21BrN6OS. The summed E-state index contributed by atoms with van der Waals surface area (Å²) < 4.78 is 8.77. The third kappa shape index (κ3) is 3.82. The highest BCUT2D eigenvalue weighted by molar-refractivity contribution is 9.10. The van der Waals surface area contributed by atoms with Crippen molar-refractivity contribution >= 4 is 33.6 Å². The maximum Gasteiger partial charge on any atom is 0.237 e. The number of hydrogen-bond donors (Lipinski definition) is 0. The van der Waals surface area contributed by atoms with E-state index in [1.807, 2.05) is 24.3 Å². The van der Waals surface area contributed by atoms with Gasteiger partial charge in [0, 0.05) is 29.2 Å². The van der Waals surface area contributed by atoms with E-state index in [0.717, 1.165) is 34.2 Å². The highest BCUT2D eigenvalue weighted by atomic mass is 79.9. The van der Waals surface area contributed by atoms with Crippen LogP contribution in [-0.4, -0.2) is 38.0 Å². The molecule has 0 atom stereocenters. The third-order valence-electron chi connectivity index (χ3n) is 5.07. The van der Waals surface area contributed by atoms with E-state index in [4.69, 9.17) is 4.52 Å². The molecule has 5 rings (SSSR count). The molecule has 0 spiro atoms. The molecule has 9 heteroatoms. The second-order valence-electron chi connectivity index (χ2n) is 7.24. The van der Waals surface area contributed by atoms with Crippen molar-refractivity contribution in [1.29, 1.82) is 0 Å². The quantitative estimate of drug-likeness (QED) is 0.493. The van der Waals surface area contributed by atoms with Crippen LogP contribution in [0.15, 0.2) is 38.4 Å². The fraction of sp³-hybridized carbons (Fsp3) is 0.474. The second kappa shape index (κ2) is 7.87. The van der Waals surface area contributed by atoms with E-state index in [2.05, 4.69) is 45.7 Å². The van der Waals surface area contributed by atoms with E-state index >= 15 is 0 Å². The van der Waals surface area contributed by atoms with Crippen LogP contribution in [0.4, 0.5) is 5.95 Å². The van der Waals surface area contributed by atoms with Crippen molar-refractivity contribution in [3.05, 3.63) is 34.6 Å². The van der Waals surface area contributed by atoms with E-state index in [0.29, 0.717) is 23.5 Å². The predicted octanol–water partition coefficient (Wildman–Crippen LogP) is 4.71. The summed E-state index contributed by atoms with van der Waals surface area (Å²) in [6, 6.07) is 8.43. The molecule has 3 aromatic rings. The molecule has 2 aromatic heterocycles. The summed E-state index contributed by atoms with van der Waals surface area (Å²) in [4.78, 5) is 6.92. The van der Waals surface area contributed by atoms with Crippen molar-refractivity contribution in [3.8, 4) is 11.4 Å². The standard InChI is InChI=1S/C19H21BrN6OS/c20-14-6-4-5-13(11-14)17-21-16(27-24-17)12-28-19-23-22-18(26(19)15-7-8-15)25-9-2-1-3-10-25/h4-6,11,15H,1-3,7-10,12H2. The molecule has 0 radical (unpaired) electrons. The van der Waals surface area contributed by atoms with E-state index in [-0.39, 0.29) is 0 Å². The zero-order valence-electron chi connectivity index (χ0n) is 15.4. The van der Waals surface area contributed by atoms with Gasteiger partial charge in [0.2, 0.25) is 17.7 Å². The Bertz CT molecular complexity index is 963. The van der Waals surface area contributed by atoms with Gasteiger partial charge >= 0.3 is 0 Å². The van der Waals surface area contributed by atoms with Crippen molar-refractivity contribution in [2.75, 3.05) is 18.0 Å². The molecule has 0 unspecified atom stereocenters. The van der Waals surface area contributed by atoms with Crippen LogP contribution < -0.4 is 4.90 Å². The zero-order chi connectivity index (χ0) is 18.9. The Balaban J connectivity index is 1.31. The van der Waals surface area contributed by atoms with Gasteiger partial charge in [-0.05, 0) is 44.2 Å². The fourth-order valence-electron chi connectivity index (χ4n) is 3.51. The lowest BCUT2D eigenvalue weighted by molar-refractivity contribution is 0.391. The van der Waals surface area contributed by atoms with E-state index in [1.165, 1.54) is 32.1 Å². The Morgan fingerprint density at radius 2 is 2.00 bits per heavy atom. The average Bonchev–Trinajstić information content (AvgIpc) is 3.29. The van der Waals surface area contributed by atoms with E-state index in [1.54, 1.807) is 11.8 Å². The number of thioether (sulfide) groups is 1. The van der Waals surface area contributed by atoms with Gasteiger partial charge in [0.05, 0.1) is 5.75 Å². The molecule has 1 saturated heterocycles. The Hall–Kier alpha value is -1.87. The molecule has 1 aliphatic heterocycles. The fourth-order valence-corrected chi connectivity index (χ4v) is 4.75. The predicted molar refractivity (Wildman–Crippen MR) is 111 cm³/mol. The number of anilines is 1. The van der Waals surface area contributed by atoms with E-state index in [9.17, 15) is 0 Å². The molecule has 1 aliphatic carbocycles. The van der Waals surface area contributed by atoms with Gasteiger partial charge in [-0.2, -0.15) is 4.98 Å². The third-order valence-corrected chi connectivity index (χ3v) is 6.49. The molecule has 7 nitrogen and oxygen atoms in total. The monoisotopic (exact) mass is 460 g/mol. The van der Waals surface area contributed by atoms with Gasteiger partial charge < -0.3 is 9.42 Å². The first-order valence-corrected chi connectivity index (χ1v) is 11.5. The van der Waals surface area contributed by atoms with Crippen LogP contribution in [0.1, 0.15) is 44.0 Å². The van der Waals surface area contributed by atoms with Gasteiger partial charge in [-0.25, -0.2) is 0 Å². The minimum Gasteiger partial charge on any atom is -0.341 e. The zero-order valence-corrected chi connectivity index (χ0v) is 17.8. The van der Waals surface area contributed by atoms with Crippen LogP contribution in [0, 0.1) is 0 Å². The lowest BCUT2D eigenvalue weighted by Gasteiger charge is -2.27. The van der Waals surface area contributed by atoms with Gasteiger partial charge in [-0.3, -0.25) is 4.57 Å². The molecule has 28 heavy (non-hydrogen) atoms. The molecule has 0 amide bonds. The Morgan fingerprint density at radius 1 is 1.14 bits per heavy atom. The topological polar surface area (TPSA) is 72.9 Å². The van der Waals surface area contributed by atoms with Gasteiger partial charge in [0.15, 0.2) is 5.16 Å². The van der Waals surface area contributed by atoms with Crippen molar-refractivity contribution in [2.45, 2.75) is 49.1 Å². The van der Waals surface area contributed by atoms with Gasteiger partial charge in [-0.1, -0.05) is 45.0 Å². The number of nitrogens with zero attached hydrogens (tertiary/aromatic N) is 6. The SMILES string of the molecule is Brc1cccc(-c2noc(CSc3nnc(N4CCCCC4)n3C3CC3)n2)c1. The van der Waals surface area contributed by atoms with Gasteiger partial charge in [-0.15, -0.1) is 10.2 Å². The minimum atomic E-state index is 0.536. The molecule has 1 aromatic carbocycles. The van der Waals surface area contributed by atoms with Crippen molar-refractivity contribution in [3.63, 3.8) is 0 Å². The van der Waals surface area contributed by atoms with Crippen LogP contribution in [-0.2, 0) is 5.75 Å². The highest BCUT2D eigenvalue weighted by Gasteiger charge is 2.32. The van der Waals surface area contributed by atoms with Gasteiger partial charge in [0.1, 0.15) is 0 Å². The lowest BCUT2D eigenvalue weighted by Crippen LogP contribution is -2.31. The van der Waals surface area contributed by atoms with Crippen molar-refractivity contribution in [2.24, 2.45) is 0 Å². The van der Waals surface area contributed by atoms with Crippen LogP contribution in [0.2, 0.25) is 0 Å². The first kappa shape index (κ1) is 18.2.